The van der Waals surface area contributed by atoms with Crippen LogP contribution in [0.4, 0.5) is 0 Å². The molecule has 6 heteroatoms. The summed E-state index contributed by atoms with van der Waals surface area (Å²) in [5, 5.41) is 0. The zero-order valence-electron chi connectivity index (χ0n) is 13.4. The maximum Gasteiger partial charge on any atom is 0.258 e. The molecule has 1 aromatic carbocycles. The molecule has 0 atom stereocenters. The number of imidazole rings is 1. The third kappa shape index (κ3) is 3.49. The standard InChI is InChI=1S/C19H16N4OS/c24-19-11-16(21-18-3-1-2-9-23(18)19)13-25-12-15-4-6-17(7-5-15)22-10-8-20-14-22/h1-11,14H,12-13H2. The van der Waals surface area contributed by atoms with Crippen molar-refractivity contribution in [3.8, 4) is 5.69 Å². The van der Waals surface area contributed by atoms with Gasteiger partial charge in [-0.05, 0) is 29.8 Å². The lowest BCUT2D eigenvalue weighted by Gasteiger charge is -2.06. The van der Waals surface area contributed by atoms with Crippen molar-refractivity contribution in [2.75, 3.05) is 0 Å². The average molecular weight is 348 g/mol. The molecule has 0 aliphatic rings. The Morgan fingerprint density at radius 3 is 2.68 bits per heavy atom. The van der Waals surface area contributed by atoms with Gasteiger partial charge in [-0.15, -0.1) is 0 Å². The first-order valence-electron chi connectivity index (χ1n) is 7.92. The van der Waals surface area contributed by atoms with Crippen LogP contribution in [-0.2, 0) is 11.5 Å². The van der Waals surface area contributed by atoms with Gasteiger partial charge in [0.25, 0.3) is 5.56 Å². The molecule has 124 valence electrons. The number of hydrogen-bond donors (Lipinski definition) is 0. The highest BCUT2D eigenvalue weighted by Crippen LogP contribution is 2.18. The second kappa shape index (κ2) is 6.94. The quantitative estimate of drug-likeness (QED) is 0.555. The minimum Gasteiger partial charge on any atom is -0.306 e. The number of rotatable bonds is 5. The second-order valence-electron chi connectivity index (χ2n) is 5.64. The van der Waals surface area contributed by atoms with Crippen LogP contribution in [0.1, 0.15) is 11.3 Å². The van der Waals surface area contributed by atoms with E-state index in [4.69, 9.17) is 0 Å². The van der Waals surface area contributed by atoms with Crippen LogP contribution < -0.4 is 5.56 Å². The summed E-state index contributed by atoms with van der Waals surface area (Å²) in [6.45, 7) is 0. The van der Waals surface area contributed by atoms with Gasteiger partial charge in [-0.1, -0.05) is 18.2 Å². The highest BCUT2D eigenvalue weighted by molar-refractivity contribution is 7.97. The Morgan fingerprint density at radius 1 is 1.00 bits per heavy atom. The first-order valence-corrected chi connectivity index (χ1v) is 9.07. The van der Waals surface area contributed by atoms with Crippen molar-refractivity contribution in [2.45, 2.75) is 11.5 Å². The molecule has 0 saturated carbocycles. The molecule has 0 aliphatic heterocycles. The molecule has 0 spiro atoms. The van der Waals surface area contributed by atoms with Gasteiger partial charge >= 0.3 is 0 Å². The summed E-state index contributed by atoms with van der Waals surface area (Å²) in [4.78, 5) is 20.7. The molecule has 0 unspecified atom stereocenters. The molecule has 3 aromatic heterocycles. The smallest absolute Gasteiger partial charge is 0.258 e. The van der Waals surface area contributed by atoms with Crippen LogP contribution in [0.2, 0.25) is 0 Å². The Bertz CT molecular complexity index is 1040. The summed E-state index contributed by atoms with van der Waals surface area (Å²) < 4.78 is 3.53. The van der Waals surface area contributed by atoms with Gasteiger partial charge in [0.05, 0.1) is 12.0 Å². The van der Waals surface area contributed by atoms with Crippen molar-refractivity contribution in [1.82, 2.24) is 18.9 Å². The third-order valence-corrected chi connectivity index (χ3v) is 4.92. The predicted molar refractivity (Wildman–Crippen MR) is 100 cm³/mol. The van der Waals surface area contributed by atoms with Gasteiger partial charge in [-0.2, -0.15) is 11.8 Å². The van der Waals surface area contributed by atoms with Crippen LogP contribution in [0, 0.1) is 0 Å². The topological polar surface area (TPSA) is 52.2 Å². The fourth-order valence-electron chi connectivity index (χ4n) is 2.63. The van der Waals surface area contributed by atoms with E-state index in [-0.39, 0.29) is 5.56 Å². The molecule has 0 bridgehead atoms. The van der Waals surface area contributed by atoms with Crippen molar-refractivity contribution in [3.63, 3.8) is 0 Å². The number of nitrogens with zero attached hydrogens (tertiary/aromatic N) is 4. The fourth-order valence-corrected chi connectivity index (χ4v) is 3.51. The van der Waals surface area contributed by atoms with Gasteiger partial charge in [0, 0.05) is 41.8 Å². The number of thioether (sulfide) groups is 1. The van der Waals surface area contributed by atoms with Crippen molar-refractivity contribution >= 4 is 17.4 Å². The summed E-state index contributed by atoms with van der Waals surface area (Å²) in [5.74, 6) is 1.59. The average Bonchev–Trinajstić information content (AvgIpc) is 3.17. The normalized spacial score (nSPS) is 11.0. The summed E-state index contributed by atoms with van der Waals surface area (Å²) in [6, 6.07) is 15.6. The third-order valence-electron chi connectivity index (χ3n) is 3.88. The van der Waals surface area contributed by atoms with Gasteiger partial charge in [-0.25, -0.2) is 9.97 Å². The zero-order valence-corrected chi connectivity index (χ0v) is 14.3. The van der Waals surface area contributed by atoms with Crippen molar-refractivity contribution in [2.24, 2.45) is 0 Å². The fraction of sp³-hybridized carbons (Fsp3) is 0.105. The van der Waals surface area contributed by atoms with Crippen LogP contribution in [0.15, 0.2) is 78.2 Å². The molecule has 0 amide bonds. The summed E-state index contributed by atoms with van der Waals surface area (Å²) in [7, 11) is 0. The van der Waals surface area contributed by atoms with Gasteiger partial charge < -0.3 is 4.57 Å². The molecule has 0 fully saturated rings. The lowest BCUT2D eigenvalue weighted by molar-refractivity contribution is 1.01. The Labute approximate surface area is 149 Å². The molecule has 5 nitrogen and oxygen atoms in total. The molecule has 25 heavy (non-hydrogen) atoms. The van der Waals surface area contributed by atoms with E-state index in [0.717, 1.165) is 17.1 Å². The van der Waals surface area contributed by atoms with E-state index >= 15 is 0 Å². The highest BCUT2D eigenvalue weighted by atomic mass is 32.2. The van der Waals surface area contributed by atoms with E-state index < -0.39 is 0 Å². The molecular formula is C19H16N4OS. The van der Waals surface area contributed by atoms with E-state index in [1.165, 1.54) is 5.56 Å². The number of hydrogen-bond acceptors (Lipinski definition) is 4. The lowest BCUT2D eigenvalue weighted by atomic mass is 10.2. The number of benzene rings is 1. The molecule has 0 N–H and O–H groups in total. The second-order valence-corrected chi connectivity index (χ2v) is 6.63. The minimum absolute atomic E-state index is 0.0362. The van der Waals surface area contributed by atoms with Crippen LogP contribution in [0.3, 0.4) is 0 Å². The summed E-state index contributed by atoms with van der Waals surface area (Å²) >= 11 is 1.75. The molecular weight excluding hydrogens is 332 g/mol. The van der Waals surface area contributed by atoms with Crippen molar-refractivity contribution in [1.29, 1.82) is 0 Å². The first kappa shape index (κ1) is 15.7. The number of aromatic nitrogens is 4. The van der Waals surface area contributed by atoms with Crippen LogP contribution >= 0.6 is 11.8 Å². The van der Waals surface area contributed by atoms with Gasteiger partial charge in [0.15, 0.2) is 0 Å². The Morgan fingerprint density at radius 2 is 1.88 bits per heavy atom. The van der Waals surface area contributed by atoms with Gasteiger partial charge in [0.1, 0.15) is 5.65 Å². The predicted octanol–water partition coefficient (Wildman–Crippen LogP) is 3.31. The lowest BCUT2D eigenvalue weighted by Crippen LogP contribution is -2.14. The number of pyridine rings is 1. The Kier molecular flexibility index (Phi) is 4.35. The maximum atomic E-state index is 12.1. The minimum atomic E-state index is -0.0362. The van der Waals surface area contributed by atoms with E-state index in [1.54, 1.807) is 40.9 Å². The van der Waals surface area contributed by atoms with E-state index in [1.807, 2.05) is 29.0 Å². The van der Waals surface area contributed by atoms with Crippen molar-refractivity contribution < 1.29 is 0 Å². The first-order chi connectivity index (χ1) is 12.3. The van der Waals surface area contributed by atoms with Gasteiger partial charge in [-0.3, -0.25) is 9.20 Å². The Balaban J connectivity index is 1.41. The largest absolute Gasteiger partial charge is 0.306 e. The molecule has 0 saturated heterocycles. The van der Waals surface area contributed by atoms with E-state index in [9.17, 15) is 4.79 Å². The maximum absolute atomic E-state index is 12.1. The monoisotopic (exact) mass is 348 g/mol. The molecule has 4 rings (SSSR count). The summed E-state index contributed by atoms with van der Waals surface area (Å²) in [6.07, 6.45) is 7.22. The highest BCUT2D eigenvalue weighted by Gasteiger charge is 2.03. The molecule has 4 aromatic rings. The number of fused-ring (bicyclic) bond motifs is 1. The van der Waals surface area contributed by atoms with Crippen LogP contribution in [0.5, 0.6) is 0 Å². The van der Waals surface area contributed by atoms with Gasteiger partial charge in [0.2, 0.25) is 0 Å². The summed E-state index contributed by atoms with van der Waals surface area (Å²) in [5.41, 5.74) is 3.80. The molecule has 0 radical (unpaired) electrons. The van der Waals surface area contributed by atoms with Crippen LogP contribution in [-0.4, -0.2) is 18.9 Å². The van der Waals surface area contributed by atoms with E-state index in [2.05, 4.69) is 34.2 Å². The molecule has 3 heterocycles. The zero-order chi connectivity index (χ0) is 17.1. The van der Waals surface area contributed by atoms with Crippen molar-refractivity contribution in [3.05, 3.63) is 95.1 Å². The van der Waals surface area contributed by atoms with E-state index in [0.29, 0.717) is 11.4 Å². The molecule has 0 aliphatic carbocycles. The van der Waals surface area contributed by atoms with Crippen LogP contribution in [0.25, 0.3) is 11.3 Å². The SMILES string of the molecule is O=c1cc(CSCc2ccc(-n3ccnc3)cc2)nc2ccccn12. The Hall–Kier alpha value is -2.86.